The molecule has 0 fully saturated rings. The highest BCUT2D eigenvalue weighted by Gasteiger charge is 2.13. The lowest BCUT2D eigenvalue weighted by Crippen LogP contribution is -2.03. The summed E-state index contributed by atoms with van der Waals surface area (Å²) >= 11 is 3.43. The van der Waals surface area contributed by atoms with Crippen LogP contribution in [0.3, 0.4) is 0 Å². The first-order chi connectivity index (χ1) is 12.0. The van der Waals surface area contributed by atoms with E-state index in [1.54, 1.807) is 32.4 Å². The van der Waals surface area contributed by atoms with E-state index in [0.29, 0.717) is 28.6 Å². The predicted molar refractivity (Wildman–Crippen MR) is 95.9 cm³/mol. The fourth-order valence-electron chi connectivity index (χ4n) is 2.20. The lowest BCUT2D eigenvalue weighted by molar-refractivity contribution is 0.0600. The van der Waals surface area contributed by atoms with Gasteiger partial charge in [-0.1, -0.05) is 0 Å². The van der Waals surface area contributed by atoms with Gasteiger partial charge in [0.05, 0.1) is 34.0 Å². The van der Waals surface area contributed by atoms with Crippen LogP contribution in [-0.2, 0) is 11.3 Å². The summed E-state index contributed by atoms with van der Waals surface area (Å²) < 4.78 is 27.2. The molecule has 0 aliphatic carbocycles. The Balaban J connectivity index is 2.22. The average molecular weight is 411 g/mol. The van der Waals surface area contributed by atoms with Gasteiger partial charge < -0.3 is 23.7 Å². The summed E-state index contributed by atoms with van der Waals surface area (Å²) in [6, 6.07) is 8.55. The van der Waals surface area contributed by atoms with Crippen LogP contribution in [0.2, 0.25) is 0 Å². The number of ether oxygens (including phenoxy) is 5. The predicted octanol–water partition coefficient (Wildman–Crippen LogP) is 3.84. The molecule has 0 spiro atoms. The highest BCUT2D eigenvalue weighted by atomic mass is 79.9. The van der Waals surface area contributed by atoms with Crippen LogP contribution in [0.15, 0.2) is 34.8 Å². The van der Waals surface area contributed by atoms with E-state index in [2.05, 4.69) is 15.9 Å². The molecule has 7 heteroatoms. The van der Waals surface area contributed by atoms with E-state index < -0.39 is 5.97 Å². The average Bonchev–Trinajstić information content (AvgIpc) is 2.66. The van der Waals surface area contributed by atoms with Crippen molar-refractivity contribution in [3.63, 3.8) is 0 Å². The molecule has 0 radical (unpaired) electrons. The third-order valence-corrected chi connectivity index (χ3v) is 4.27. The number of carbonyl (C=O) groups excluding carboxylic acids is 1. The SMILES string of the molecule is COC(=O)c1ccc(OCc2cc(OC)c(Br)c(OC)c2)c(OC)c1. The molecular formula is C18H19BrO6. The molecule has 2 aromatic rings. The lowest BCUT2D eigenvalue weighted by atomic mass is 10.2. The minimum atomic E-state index is -0.438. The molecule has 0 heterocycles. The summed E-state index contributed by atoms with van der Waals surface area (Å²) in [5, 5.41) is 0. The van der Waals surface area contributed by atoms with Gasteiger partial charge in [0.25, 0.3) is 0 Å². The van der Waals surface area contributed by atoms with Crippen molar-refractivity contribution in [2.24, 2.45) is 0 Å². The molecule has 6 nitrogen and oxygen atoms in total. The molecule has 25 heavy (non-hydrogen) atoms. The van der Waals surface area contributed by atoms with Crippen molar-refractivity contribution in [2.45, 2.75) is 6.61 Å². The van der Waals surface area contributed by atoms with Crippen LogP contribution in [0, 0.1) is 0 Å². The van der Waals surface area contributed by atoms with Gasteiger partial charge in [-0.15, -0.1) is 0 Å². The third kappa shape index (κ3) is 4.36. The second-order valence-corrected chi connectivity index (χ2v) is 5.75. The molecule has 0 saturated carbocycles. The molecule has 0 unspecified atom stereocenters. The van der Waals surface area contributed by atoms with Crippen molar-refractivity contribution >= 4 is 21.9 Å². The smallest absolute Gasteiger partial charge is 0.337 e. The molecule has 0 aliphatic rings. The van der Waals surface area contributed by atoms with Gasteiger partial charge in [0.15, 0.2) is 11.5 Å². The molecular weight excluding hydrogens is 392 g/mol. The Labute approximate surface area is 154 Å². The van der Waals surface area contributed by atoms with E-state index in [4.69, 9.17) is 23.7 Å². The molecule has 0 amide bonds. The molecule has 0 aliphatic heterocycles. The third-order valence-electron chi connectivity index (χ3n) is 3.48. The van der Waals surface area contributed by atoms with Gasteiger partial charge in [0.1, 0.15) is 22.6 Å². The minimum absolute atomic E-state index is 0.272. The van der Waals surface area contributed by atoms with E-state index in [0.717, 1.165) is 10.0 Å². The molecule has 0 aromatic heterocycles. The Bertz CT molecular complexity index is 734. The highest BCUT2D eigenvalue weighted by Crippen LogP contribution is 2.36. The van der Waals surface area contributed by atoms with E-state index in [-0.39, 0.29) is 6.61 Å². The number of rotatable bonds is 7. The zero-order valence-electron chi connectivity index (χ0n) is 14.4. The highest BCUT2D eigenvalue weighted by molar-refractivity contribution is 9.10. The first-order valence-corrected chi connectivity index (χ1v) is 8.12. The first-order valence-electron chi connectivity index (χ1n) is 7.33. The number of halogens is 1. The maximum absolute atomic E-state index is 11.6. The lowest BCUT2D eigenvalue weighted by Gasteiger charge is -2.14. The Morgan fingerprint density at radius 3 is 2.00 bits per heavy atom. The van der Waals surface area contributed by atoms with Crippen molar-refractivity contribution in [3.05, 3.63) is 45.9 Å². The maximum atomic E-state index is 11.6. The zero-order chi connectivity index (χ0) is 18.4. The van der Waals surface area contributed by atoms with Crippen molar-refractivity contribution < 1.29 is 28.5 Å². The molecule has 2 aromatic carbocycles. The number of carbonyl (C=O) groups is 1. The second kappa shape index (κ2) is 8.62. The Morgan fingerprint density at radius 2 is 1.48 bits per heavy atom. The topological polar surface area (TPSA) is 63.2 Å². The largest absolute Gasteiger partial charge is 0.495 e. The van der Waals surface area contributed by atoms with Gasteiger partial charge >= 0.3 is 5.97 Å². The fourth-order valence-corrected chi connectivity index (χ4v) is 2.75. The van der Waals surface area contributed by atoms with E-state index in [9.17, 15) is 4.79 Å². The van der Waals surface area contributed by atoms with Crippen LogP contribution >= 0.6 is 15.9 Å². The first kappa shape index (κ1) is 18.9. The van der Waals surface area contributed by atoms with Crippen LogP contribution in [0.5, 0.6) is 23.0 Å². The zero-order valence-corrected chi connectivity index (χ0v) is 16.0. The Morgan fingerprint density at radius 1 is 0.880 bits per heavy atom. The second-order valence-electron chi connectivity index (χ2n) is 4.96. The number of methoxy groups -OCH3 is 4. The Hall–Kier alpha value is -2.41. The summed E-state index contributed by atoms with van der Waals surface area (Å²) in [7, 11) is 6.00. The van der Waals surface area contributed by atoms with Crippen molar-refractivity contribution in [2.75, 3.05) is 28.4 Å². The summed E-state index contributed by atoms with van der Waals surface area (Å²) in [5.41, 5.74) is 1.25. The van der Waals surface area contributed by atoms with Gasteiger partial charge in [-0.3, -0.25) is 0 Å². The van der Waals surface area contributed by atoms with Crippen LogP contribution in [0.25, 0.3) is 0 Å². The molecule has 0 N–H and O–H groups in total. The molecule has 0 atom stereocenters. The van der Waals surface area contributed by atoms with E-state index in [1.807, 2.05) is 12.1 Å². The fraction of sp³-hybridized carbons (Fsp3) is 0.278. The molecule has 2 rings (SSSR count). The summed E-state index contributed by atoms with van der Waals surface area (Å²) in [4.78, 5) is 11.6. The summed E-state index contributed by atoms with van der Waals surface area (Å²) in [6.45, 7) is 0.272. The standard InChI is InChI=1S/C18H19BrO6/c1-21-14-9-12(18(20)24-4)5-6-13(14)25-10-11-7-15(22-2)17(19)16(8-11)23-3/h5-9H,10H2,1-4H3. The maximum Gasteiger partial charge on any atom is 0.337 e. The number of hydrogen-bond donors (Lipinski definition) is 0. The molecule has 134 valence electrons. The Kier molecular flexibility index (Phi) is 6.52. The van der Waals surface area contributed by atoms with Gasteiger partial charge in [-0.25, -0.2) is 4.79 Å². The monoisotopic (exact) mass is 410 g/mol. The number of hydrogen-bond acceptors (Lipinski definition) is 6. The van der Waals surface area contributed by atoms with E-state index in [1.165, 1.54) is 14.2 Å². The van der Waals surface area contributed by atoms with Gasteiger partial charge in [0.2, 0.25) is 0 Å². The number of esters is 1. The van der Waals surface area contributed by atoms with Gasteiger partial charge in [-0.2, -0.15) is 0 Å². The van der Waals surface area contributed by atoms with Gasteiger partial charge in [0, 0.05) is 0 Å². The van der Waals surface area contributed by atoms with Crippen LogP contribution < -0.4 is 18.9 Å². The molecule has 0 bridgehead atoms. The van der Waals surface area contributed by atoms with Crippen LogP contribution in [0.4, 0.5) is 0 Å². The minimum Gasteiger partial charge on any atom is -0.495 e. The van der Waals surface area contributed by atoms with Gasteiger partial charge in [-0.05, 0) is 51.8 Å². The molecule has 0 saturated heterocycles. The van der Waals surface area contributed by atoms with Crippen molar-refractivity contribution in [1.82, 2.24) is 0 Å². The summed E-state index contributed by atoms with van der Waals surface area (Å²) in [6.07, 6.45) is 0. The quantitative estimate of drug-likeness (QED) is 0.646. The normalized spacial score (nSPS) is 10.1. The van der Waals surface area contributed by atoms with Crippen LogP contribution in [0.1, 0.15) is 15.9 Å². The number of benzene rings is 2. The van der Waals surface area contributed by atoms with E-state index >= 15 is 0 Å². The van der Waals surface area contributed by atoms with Crippen molar-refractivity contribution in [1.29, 1.82) is 0 Å². The summed E-state index contributed by atoms with van der Waals surface area (Å²) in [5.74, 6) is 1.80. The van der Waals surface area contributed by atoms with Crippen LogP contribution in [-0.4, -0.2) is 34.4 Å². The van der Waals surface area contributed by atoms with Crippen molar-refractivity contribution in [3.8, 4) is 23.0 Å².